The second-order valence-corrected chi connectivity index (χ2v) is 4.34. The summed E-state index contributed by atoms with van der Waals surface area (Å²) in [6.07, 6.45) is 0. The number of carbonyl (C=O) groups excluding carboxylic acids is 1. The highest BCUT2D eigenvalue weighted by molar-refractivity contribution is 5.78. The van der Waals surface area contributed by atoms with E-state index in [2.05, 4.69) is 5.32 Å². The van der Waals surface area contributed by atoms with Gasteiger partial charge in [0, 0.05) is 19.1 Å². The fraction of sp³-hybridized carbons (Fsp3) is 0.500. The lowest BCUT2D eigenvalue weighted by Gasteiger charge is -2.21. The first-order valence-electron chi connectivity index (χ1n) is 6.45. The van der Waals surface area contributed by atoms with Crippen molar-refractivity contribution < 1.29 is 13.6 Å². The van der Waals surface area contributed by atoms with Crippen LogP contribution in [0.4, 0.5) is 8.78 Å². The summed E-state index contributed by atoms with van der Waals surface area (Å²) in [5, 5.41) is 3.01. The number of carbonyl (C=O) groups is 1. The average Bonchev–Trinajstić information content (AvgIpc) is 2.40. The number of rotatable bonds is 6. The Bertz CT molecular complexity index is 433. The Morgan fingerprint density at radius 1 is 1.26 bits per heavy atom. The van der Waals surface area contributed by atoms with Crippen LogP contribution < -0.4 is 5.32 Å². The molecule has 0 radical (unpaired) electrons. The number of halogens is 2. The van der Waals surface area contributed by atoms with E-state index < -0.39 is 11.6 Å². The van der Waals surface area contributed by atoms with Crippen molar-refractivity contribution in [3.8, 4) is 0 Å². The van der Waals surface area contributed by atoms with Crippen molar-refractivity contribution in [2.45, 2.75) is 26.8 Å². The van der Waals surface area contributed by atoms with Gasteiger partial charge in [0.05, 0.1) is 6.54 Å². The van der Waals surface area contributed by atoms with Crippen molar-refractivity contribution in [1.82, 2.24) is 10.2 Å². The van der Waals surface area contributed by atoms with Gasteiger partial charge in [-0.25, -0.2) is 8.78 Å². The lowest BCUT2D eigenvalue weighted by atomic mass is 10.1. The summed E-state index contributed by atoms with van der Waals surface area (Å²) in [5.74, 6) is -1.74. The Morgan fingerprint density at radius 2 is 1.89 bits per heavy atom. The summed E-state index contributed by atoms with van der Waals surface area (Å²) in [5.41, 5.74) is 0.617. The number of nitrogens with one attached hydrogen (secondary N) is 1. The molecule has 0 bridgehead atoms. The van der Waals surface area contributed by atoms with Crippen LogP contribution in [0.2, 0.25) is 0 Å². The summed E-state index contributed by atoms with van der Waals surface area (Å²) in [4.78, 5) is 13.5. The number of likely N-dealkylation sites (N-methyl/N-ethyl adjacent to an activating group) is 1. The van der Waals surface area contributed by atoms with E-state index in [4.69, 9.17) is 0 Å². The normalized spacial score (nSPS) is 12.3. The molecule has 0 saturated heterocycles. The molecule has 1 amide bonds. The van der Waals surface area contributed by atoms with Gasteiger partial charge >= 0.3 is 0 Å². The summed E-state index contributed by atoms with van der Waals surface area (Å²) in [7, 11) is 0. The minimum atomic E-state index is -0.874. The van der Waals surface area contributed by atoms with Crippen molar-refractivity contribution >= 4 is 5.91 Å². The Morgan fingerprint density at radius 3 is 2.42 bits per heavy atom. The quantitative estimate of drug-likeness (QED) is 0.861. The minimum Gasteiger partial charge on any atom is -0.342 e. The van der Waals surface area contributed by atoms with Crippen LogP contribution in [-0.4, -0.2) is 30.4 Å². The van der Waals surface area contributed by atoms with Crippen molar-refractivity contribution in [3.05, 3.63) is 35.4 Å². The molecule has 0 aliphatic carbocycles. The van der Waals surface area contributed by atoms with Crippen LogP contribution in [0, 0.1) is 11.6 Å². The van der Waals surface area contributed by atoms with E-state index in [-0.39, 0.29) is 18.5 Å². The molecule has 19 heavy (non-hydrogen) atoms. The van der Waals surface area contributed by atoms with Gasteiger partial charge in [0.25, 0.3) is 0 Å². The zero-order chi connectivity index (χ0) is 14.4. The molecular formula is C14H20F2N2O. The van der Waals surface area contributed by atoms with Crippen molar-refractivity contribution in [3.63, 3.8) is 0 Å². The number of hydrogen-bond donors (Lipinski definition) is 1. The molecule has 1 rings (SSSR count). The van der Waals surface area contributed by atoms with Crippen molar-refractivity contribution in [1.29, 1.82) is 0 Å². The molecule has 0 saturated carbocycles. The van der Waals surface area contributed by atoms with Crippen LogP contribution in [0.5, 0.6) is 0 Å². The lowest BCUT2D eigenvalue weighted by Crippen LogP contribution is -2.38. The van der Waals surface area contributed by atoms with E-state index in [9.17, 15) is 13.6 Å². The molecule has 1 unspecified atom stereocenters. The zero-order valence-corrected chi connectivity index (χ0v) is 11.5. The molecule has 0 aliphatic rings. The number of hydrogen-bond acceptors (Lipinski definition) is 2. The molecular weight excluding hydrogens is 250 g/mol. The molecule has 1 N–H and O–H groups in total. The standard InChI is InChI=1S/C14H20F2N2O/c1-4-18(5-2)14(19)9-17-10(3)11-6-7-12(15)13(16)8-11/h6-8,10,17H,4-5,9H2,1-3H3. The molecule has 1 aromatic rings. The first-order valence-corrected chi connectivity index (χ1v) is 6.45. The van der Waals surface area contributed by atoms with Crippen molar-refractivity contribution in [2.75, 3.05) is 19.6 Å². The molecule has 0 heterocycles. The molecule has 0 aromatic heterocycles. The molecule has 106 valence electrons. The smallest absolute Gasteiger partial charge is 0.236 e. The maximum atomic E-state index is 13.1. The highest BCUT2D eigenvalue weighted by atomic mass is 19.2. The van der Waals surface area contributed by atoms with Gasteiger partial charge in [0.15, 0.2) is 11.6 Å². The van der Waals surface area contributed by atoms with E-state index in [1.54, 1.807) is 4.90 Å². The van der Waals surface area contributed by atoms with E-state index in [0.29, 0.717) is 18.7 Å². The Labute approximate surface area is 112 Å². The van der Waals surface area contributed by atoms with Crippen LogP contribution in [0.3, 0.4) is 0 Å². The van der Waals surface area contributed by atoms with Gasteiger partial charge in [0.2, 0.25) is 5.91 Å². The minimum absolute atomic E-state index is 0.000524. The molecule has 0 fully saturated rings. The number of nitrogens with zero attached hydrogens (tertiary/aromatic N) is 1. The van der Waals surface area contributed by atoms with Gasteiger partial charge in [-0.05, 0) is 38.5 Å². The zero-order valence-electron chi connectivity index (χ0n) is 11.5. The van der Waals surface area contributed by atoms with Gasteiger partial charge in [-0.15, -0.1) is 0 Å². The fourth-order valence-electron chi connectivity index (χ4n) is 1.83. The van der Waals surface area contributed by atoms with Gasteiger partial charge in [-0.2, -0.15) is 0 Å². The molecule has 1 atom stereocenters. The first kappa shape index (κ1) is 15.6. The molecule has 0 aliphatic heterocycles. The third kappa shape index (κ3) is 4.28. The maximum Gasteiger partial charge on any atom is 0.236 e. The van der Waals surface area contributed by atoms with Gasteiger partial charge < -0.3 is 10.2 Å². The first-order chi connectivity index (χ1) is 8.99. The predicted molar refractivity (Wildman–Crippen MR) is 70.7 cm³/mol. The highest BCUT2D eigenvalue weighted by Gasteiger charge is 2.13. The van der Waals surface area contributed by atoms with Crippen LogP contribution in [0.25, 0.3) is 0 Å². The van der Waals surface area contributed by atoms with Crippen LogP contribution in [-0.2, 0) is 4.79 Å². The van der Waals surface area contributed by atoms with Crippen LogP contribution in [0.1, 0.15) is 32.4 Å². The predicted octanol–water partition coefficient (Wildman–Crippen LogP) is 2.48. The number of amides is 1. The van der Waals surface area contributed by atoms with Gasteiger partial charge in [-0.3, -0.25) is 4.79 Å². The summed E-state index contributed by atoms with van der Waals surface area (Å²) >= 11 is 0. The monoisotopic (exact) mass is 270 g/mol. The Balaban J connectivity index is 2.57. The van der Waals surface area contributed by atoms with E-state index in [1.165, 1.54) is 6.07 Å². The maximum absolute atomic E-state index is 13.1. The SMILES string of the molecule is CCN(CC)C(=O)CNC(C)c1ccc(F)c(F)c1. The topological polar surface area (TPSA) is 32.3 Å². The summed E-state index contributed by atoms with van der Waals surface area (Å²) in [6, 6.07) is 3.54. The van der Waals surface area contributed by atoms with Gasteiger partial charge in [-0.1, -0.05) is 6.07 Å². The highest BCUT2D eigenvalue weighted by Crippen LogP contribution is 2.15. The third-order valence-corrected chi connectivity index (χ3v) is 3.12. The Kier molecular flexibility index (Phi) is 5.89. The Hall–Kier alpha value is -1.49. The second-order valence-electron chi connectivity index (χ2n) is 4.34. The summed E-state index contributed by atoms with van der Waals surface area (Å²) < 4.78 is 25.9. The van der Waals surface area contributed by atoms with Crippen LogP contribution >= 0.6 is 0 Å². The summed E-state index contributed by atoms with van der Waals surface area (Å²) in [6.45, 7) is 7.15. The van der Waals surface area contributed by atoms with Crippen LogP contribution in [0.15, 0.2) is 18.2 Å². The molecule has 1 aromatic carbocycles. The van der Waals surface area contributed by atoms with E-state index in [1.807, 2.05) is 20.8 Å². The third-order valence-electron chi connectivity index (χ3n) is 3.12. The fourth-order valence-corrected chi connectivity index (χ4v) is 1.83. The average molecular weight is 270 g/mol. The molecule has 3 nitrogen and oxygen atoms in total. The number of benzene rings is 1. The van der Waals surface area contributed by atoms with Crippen molar-refractivity contribution in [2.24, 2.45) is 0 Å². The lowest BCUT2D eigenvalue weighted by molar-refractivity contribution is -0.129. The van der Waals surface area contributed by atoms with Gasteiger partial charge in [0.1, 0.15) is 0 Å². The van der Waals surface area contributed by atoms with E-state index >= 15 is 0 Å². The molecule has 0 spiro atoms. The molecule has 5 heteroatoms. The second kappa shape index (κ2) is 7.19. The largest absolute Gasteiger partial charge is 0.342 e. The van der Waals surface area contributed by atoms with E-state index in [0.717, 1.165) is 12.1 Å².